The molecule has 1 aromatic carbocycles. The zero-order valence-electron chi connectivity index (χ0n) is 16.6. The van der Waals surface area contributed by atoms with E-state index in [1.165, 1.54) is 0 Å². The lowest BCUT2D eigenvalue weighted by molar-refractivity contribution is 0.102. The summed E-state index contributed by atoms with van der Waals surface area (Å²) in [4.78, 5) is 17.4. The number of anilines is 1. The van der Waals surface area contributed by atoms with Crippen molar-refractivity contribution in [2.24, 2.45) is 7.05 Å². The van der Waals surface area contributed by atoms with Crippen LogP contribution in [0.1, 0.15) is 34.2 Å². The van der Waals surface area contributed by atoms with Gasteiger partial charge in [-0.05, 0) is 26.3 Å². The lowest BCUT2D eigenvalue weighted by atomic mass is 10.1. The number of amides is 1. The molecule has 1 saturated heterocycles. The molecule has 0 aliphatic carbocycles. The minimum atomic E-state index is -3.02. The van der Waals surface area contributed by atoms with Gasteiger partial charge in [0, 0.05) is 25.0 Å². The van der Waals surface area contributed by atoms with Gasteiger partial charge in [0.15, 0.2) is 9.84 Å². The number of carbonyl (C=O) groups excluding carboxylic acids is 1. The molecule has 1 amide bonds. The molecule has 1 N–H and O–H groups in total. The highest BCUT2D eigenvalue weighted by Crippen LogP contribution is 2.30. The van der Waals surface area contributed by atoms with Crippen LogP contribution >= 0.6 is 0 Å². The maximum Gasteiger partial charge on any atom is 0.256 e. The van der Waals surface area contributed by atoms with E-state index < -0.39 is 9.84 Å². The molecular weight excluding hydrogens is 390 g/mol. The van der Waals surface area contributed by atoms with E-state index in [9.17, 15) is 13.2 Å². The summed E-state index contributed by atoms with van der Waals surface area (Å²) in [6, 6.07) is 7.12. The van der Waals surface area contributed by atoms with Gasteiger partial charge in [-0.2, -0.15) is 5.10 Å². The molecular formula is C20H23N5O3S. The molecule has 9 heteroatoms. The van der Waals surface area contributed by atoms with E-state index in [-0.39, 0.29) is 23.5 Å². The number of nitrogens with one attached hydrogen (secondary N) is 1. The number of nitrogens with zero attached hydrogens (tertiary/aromatic N) is 4. The van der Waals surface area contributed by atoms with E-state index in [4.69, 9.17) is 0 Å². The Morgan fingerprint density at radius 3 is 2.66 bits per heavy atom. The van der Waals surface area contributed by atoms with Crippen molar-refractivity contribution >= 4 is 21.4 Å². The lowest BCUT2D eigenvalue weighted by Gasteiger charge is -2.13. The van der Waals surface area contributed by atoms with Gasteiger partial charge >= 0.3 is 0 Å². The number of aromatic nitrogens is 4. The molecule has 29 heavy (non-hydrogen) atoms. The normalized spacial score (nSPS) is 18.1. The van der Waals surface area contributed by atoms with Crippen molar-refractivity contribution in [2.45, 2.75) is 26.3 Å². The van der Waals surface area contributed by atoms with E-state index in [0.29, 0.717) is 29.2 Å². The van der Waals surface area contributed by atoms with Crippen LogP contribution in [0.5, 0.6) is 0 Å². The summed E-state index contributed by atoms with van der Waals surface area (Å²) in [5, 5.41) is 7.48. The first-order valence-corrected chi connectivity index (χ1v) is 11.2. The number of hydrogen-bond donors (Lipinski definition) is 1. The quantitative estimate of drug-likeness (QED) is 0.709. The van der Waals surface area contributed by atoms with Crippen LogP contribution in [0.3, 0.4) is 0 Å². The molecule has 0 spiro atoms. The standard InChI is InChI=1S/C20H23N5O3S/c1-13-18(14(2)25(23-13)15-8-11-29(27,28)12-15)22-20(26)17-7-5-4-6-16(17)19-21-9-10-24(19)3/h4-7,9-10,15H,8,11-12H2,1-3H3,(H,22,26). The second-order valence-electron chi connectivity index (χ2n) is 7.41. The van der Waals surface area contributed by atoms with Gasteiger partial charge in [-0.3, -0.25) is 9.48 Å². The second kappa shape index (κ2) is 7.14. The van der Waals surface area contributed by atoms with Crippen molar-refractivity contribution in [3.63, 3.8) is 0 Å². The van der Waals surface area contributed by atoms with Gasteiger partial charge in [0.1, 0.15) is 5.82 Å². The average Bonchev–Trinajstić information content (AvgIpc) is 3.34. The summed E-state index contributed by atoms with van der Waals surface area (Å²) < 4.78 is 27.3. The molecule has 1 aliphatic heterocycles. The topological polar surface area (TPSA) is 98.9 Å². The van der Waals surface area contributed by atoms with E-state index in [1.807, 2.05) is 49.9 Å². The SMILES string of the molecule is Cc1nn(C2CCS(=O)(=O)C2)c(C)c1NC(=O)c1ccccc1-c1nccn1C. The molecule has 2 aromatic heterocycles. The molecule has 1 atom stereocenters. The summed E-state index contributed by atoms with van der Waals surface area (Å²) in [5.74, 6) is 0.712. The van der Waals surface area contributed by atoms with Crippen LogP contribution in [0.15, 0.2) is 36.7 Å². The highest BCUT2D eigenvalue weighted by Gasteiger charge is 2.32. The Hall–Kier alpha value is -2.94. The Labute approximate surface area is 169 Å². The van der Waals surface area contributed by atoms with E-state index >= 15 is 0 Å². The molecule has 8 nitrogen and oxygen atoms in total. The van der Waals surface area contributed by atoms with Gasteiger partial charge in [-0.1, -0.05) is 18.2 Å². The van der Waals surface area contributed by atoms with E-state index in [0.717, 1.165) is 11.3 Å². The fourth-order valence-corrected chi connectivity index (χ4v) is 5.54. The highest BCUT2D eigenvalue weighted by molar-refractivity contribution is 7.91. The minimum Gasteiger partial charge on any atom is -0.334 e. The van der Waals surface area contributed by atoms with Crippen LogP contribution in [-0.4, -0.2) is 45.2 Å². The predicted molar refractivity (Wildman–Crippen MR) is 111 cm³/mol. The molecule has 1 unspecified atom stereocenters. The van der Waals surface area contributed by atoms with Crippen LogP contribution in [0.2, 0.25) is 0 Å². The number of rotatable bonds is 4. The first-order chi connectivity index (χ1) is 13.8. The largest absolute Gasteiger partial charge is 0.334 e. The summed E-state index contributed by atoms with van der Waals surface area (Å²) >= 11 is 0. The third-order valence-electron chi connectivity index (χ3n) is 5.35. The molecule has 1 aliphatic rings. The number of imidazole rings is 1. The fourth-order valence-electron chi connectivity index (χ4n) is 3.85. The zero-order chi connectivity index (χ0) is 20.8. The van der Waals surface area contributed by atoms with E-state index in [2.05, 4.69) is 15.4 Å². The molecule has 0 saturated carbocycles. The molecule has 1 fully saturated rings. The monoisotopic (exact) mass is 413 g/mol. The summed E-state index contributed by atoms with van der Waals surface area (Å²) in [5.41, 5.74) is 3.29. The van der Waals surface area contributed by atoms with Crippen molar-refractivity contribution in [1.29, 1.82) is 0 Å². The van der Waals surface area contributed by atoms with Gasteiger partial charge in [0.2, 0.25) is 0 Å². The van der Waals surface area contributed by atoms with Gasteiger partial charge in [-0.25, -0.2) is 13.4 Å². The first kappa shape index (κ1) is 19.4. The second-order valence-corrected chi connectivity index (χ2v) is 9.64. The van der Waals surface area contributed by atoms with Crippen molar-refractivity contribution in [3.8, 4) is 11.4 Å². The smallest absolute Gasteiger partial charge is 0.256 e. The van der Waals surface area contributed by atoms with Gasteiger partial charge < -0.3 is 9.88 Å². The van der Waals surface area contributed by atoms with Crippen molar-refractivity contribution < 1.29 is 13.2 Å². The number of benzene rings is 1. The number of sulfone groups is 1. The van der Waals surface area contributed by atoms with Gasteiger partial charge in [-0.15, -0.1) is 0 Å². The Balaban J connectivity index is 1.65. The van der Waals surface area contributed by atoms with E-state index in [1.54, 1.807) is 16.9 Å². The number of hydrogen-bond acceptors (Lipinski definition) is 5. The maximum absolute atomic E-state index is 13.1. The molecule has 3 aromatic rings. The van der Waals surface area contributed by atoms with Crippen LogP contribution in [-0.2, 0) is 16.9 Å². The third-order valence-corrected chi connectivity index (χ3v) is 7.10. The maximum atomic E-state index is 13.1. The Morgan fingerprint density at radius 1 is 1.24 bits per heavy atom. The lowest BCUT2D eigenvalue weighted by Crippen LogP contribution is -2.16. The molecule has 3 heterocycles. The van der Waals surface area contributed by atoms with Gasteiger partial charge in [0.25, 0.3) is 5.91 Å². The van der Waals surface area contributed by atoms with Crippen LogP contribution in [0.4, 0.5) is 5.69 Å². The number of carbonyl (C=O) groups is 1. The van der Waals surface area contributed by atoms with Crippen molar-refractivity contribution in [3.05, 3.63) is 53.6 Å². The Bertz CT molecular complexity index is 1190. The molecule has 0 radical (unpaired) electrons. The summed E-state index contributed by atoms with van der Waals surface area (Å²) in [6.07, 6.45) is 4.07. The summed E-state index contributed by atoms with van der Waals surface area (Å²) in [7, 11) is -1.14. The fraction of sp³-hybridized carbons (Fsp3) is 0.350. The molecule has 4 rings (SSSR count). The molecule has 152 valence electrons. The zero-order valence-corrected chi connectivity index (χ0v) is 17.4. The minimum absolute atomic E-state index is 0.0876. The highest BCUT2D eigenvalue weighted by atomic mass is 32.2. The van der Waals surface area contributed by atoms with Crippen molar-refractivity contribution in [2.75, 3.05) is 16.8 Å². The van der Waals surface area contributed by atoms with Crippen LogP contribution in [0, 0.1) is 13.8 Å². The first-order valence-electron chi connectivity index (χ1n) is 9.41. The average molecular weight is 414 g/mol. The van der Waals surface area contributed by atoms with Gasteiger partial charge in [0.05, 0.1) is 40.2 Å². The third kappa shape index (κ3) is 3.57. The van der Waals surface area contributed by atoms with Crippen molar-refractivity contribution in [1.82, 2.24) is 19.3 Å². The van der Waals surface area contributed by atoms with Crippen LogP contribution in [0.25, 0.3) is 11.4 Å². The Morgan fingerprint density at radius 2 is 2.00 bits per heavy atom. The Kier molecular flexibility index (Phi) is 4.77. The predicted octanol–water partition coefficient (Wildman–Crippen LogP) is 2.51. The molecule has 0 bridgehead atoms. The van der Waals surface area contributed by atoms with Crippen LogP contribution < -0.4 is 5.32 Å². The number of aryl methyl sites for hydroxylation is 2. The summed E-state index contributed by atoms with van der Waals surface area (Å²) in [6.45, 7) is 3.67.